The van der Waals surface area contributed by atoms with E-state index in [0.717, 1.165) is 30.6 Å². The lowest BCUT2D eigenvalue weighted by Crippen LogP contribution is -2.47. The number of carbonyl (C=O) groups is 1. The summed E-state index contributed by atoms with van der Waals surface area (Å²) in [6.45, 7) is 0.0200. The van der Waals surface area contributed by atoms with Gasteiger partial charge in [0, 0.05) is 24.7 Å². The van der Waals surface area contributed by atoms with E-state index in [4.69, 9.17) is 4.74 Å². The molecule has 1 fully saturated rings. The maximum atomic E-state index is 13.3. The summed E-state index contributed by atoms with van der Waals surface area (Å²) >= 11 is 0. The molecular weight excluding hydrogens is 510 g/mol. The first-order valence-corrected chi connectivity index (χ1v) is 10.4. The third-order valence-corrected chi connectivity index (χ3v) is 5.77. The molecule has 1 spiro atoms. The van der Waals surface area contributed by atoms with Crippen molar-refractivity contribution in [3.63, 3.8) is 0 Å². The zero-order chi connectivity index (χ0) is 21.0. The molecule has 0 radical (unpaired) electrons. The molecule has 6 nitrogen and oxygen atoms in total. The largest absolute Gasteiger partial charge is 0.487 e. The van der Waals surface area contributed by atoms with E-state index in [-0.39, 0.29) is 48.1 Å². The van der Waals surface area contributed by atoms with Gasteiger partial charge in [0.2, 0.25) is 5.91 Å². The van der Waals surface area contributed by atoms with E-state index < -0.39 is 5.82 Å². The van der Waals surface area contributed by atoms with Crippen LogP contribution < -0.4 is 20.7 Å². The topological polar surface area (TPSA) is 74.8 Å². The van der Waals surface area contributed by atoms with Gasteiger partial charge in [-0.1, -0.05) is 24.3 Å². The molecule has 0 bridgehead atoms. The number of ether oxygens (including phenoxy) is 1. The molecule has 0 saturated heterocycles. The van der Waals surface area contributed by atoms with E-state index in [1.54, 1.807) is 19.2 Å². The lowest BCUT2D eigenvalue weighted by atomic mass is 9.86. The maximum absolute atomic E-state index is 13.3. The van der Waals surface area contributed by atoms with Crippen molar-refractivity contribution in [1.29, 1.82) is 0 Å². The molecule has 2 aromatic carbocycles. The Labute approximate surface area is 199 Å². The molecule has 4 rings (SSSR count). The van der Waals surface area contributed by atoms with E-state index in [0.29, 0.717) is 11.6 Å². The standard InChI is InChI=1S/C23H27FN4O2.HI/c1-25-22(26-15-21(29)27-17-8-6-7-16(24)13-17)28-19-14-23(11-4-5-12-23)30-20-10-3-2-9-18(19)20;/h2-3,6-10,13,19H,4-5,11-12,14-15H2,1H3,(H,27,29)(H2,25,26,28);1H. The van der Waals surface area contributed by atoms with E-state index in [9.17, 15) is 9.18 Å². The molecule has 8 heteroatoms. The van der Waals surface area contributed by atoms with Gasteiger partial charge < -0.3 is 20.7 Å². The Morgan fingerprint density at radius 2 is 1.97 bits per heavy atom. The van der Waals surface area contributed by atoms with Crippen LogP contribution in [0.15, 0.2) is 53.5 Å². The summed E-state index contributed by atoms with van der Waals surface area (Å²) in [5, 5.41) is 9.19. The number of hydrogen-bond donors (Lipinski definition) is 3. The fourth-order valence-corrected chi connectivity index (χ4v) is 4.37. The number of amides is 1. The molecule has 1 amide bonds. The van der Waals surface area contributed by atoms with Crippen LogP contribution in [0.3, 0.4) is 0 Å². The summed E-state index contributed by atoms with van der Waals surface area (Å²) < 4.78 is 19.7. The number of benzene rings is 2. The average molecular weight is 538 g/mol. The Balaban J connectivity index is 0.00000272. The Hall–Kier alpha value is -2.36. The molecule has 1 aliphatic heterocycles. The minimum atomic E-state index is -0.391. The first-order valence-electron chi connectivity index (χ1n) is 10.4. The van der Waals surface area contributed by atoms with Gasteiger partial charge in [-0.3, -0.25) is 9.79 Å². The maximum Gasteiger partial charge on any atom is 0.243 e. The zero-order valence-corrected chi connectivity index (χ0v) is 19.8. The molecule has 3 N–H and O–H groups in total. The number of anilines is 1. The number of nitrogens with one attached hydrogen (secondary N) is 3. The summed E-state index contributed by atoms with van der Waals surface area (Å²) in [4.78, 5) is 16.5. The van der Waals surface area contributed by atoms with Gasteiger partial charge in [-0.2, -0.15) is 0 Å². The van der Waals surface area contributed by atoms with Crippen molar-refractivity contribution >= 4 is 41.5 Å². The number of hydrogen-bond acceptors (Lipinski definition) is 3. The van der Waals surface area contributed by atoms with Crippen LogP contribution >= 0.6 is 24.0 Å². The van der Waals surface area contributed by atoms with Gasteiger partial charge in [-0.15, -0.1) is 24.0 Å². The molecule has 1 atom stereocenters. The van der Waals surface area contributed by atoms with Crippen molar-refractivity contribution in [1.82, 2.24) is 10.6 Å². The Morgan fingerprint density at radius 3 is 2.71 bits per heavy atom. The average Bonchev–Trinajstić information content (AvgIpc) is 3.18. The molecule has 1 heterocycles. The van der Waals surface area contributed by atoms with Crippen molar-refractivity contribution in [2.24, 2.45) is 4.99 Å². The Morgan fingerprint density at radius 1 is 1.19 bits per heavy atom. The van der Waals surface area contributed by atoms with E-state index in [1.807, 2.05) is 18.2 Å². The third-order valence-electron chi connectivity index (χ3n) is 5.77. The SMILES string of the molecule is CN=C(NCC(=O)Nc1cccc(F)c1)NC1CC2(CCCC2)Oc2ccccc21.I. The summed E-state index contributed by atoms with van der Waals surface area (Å²) in [5.41, 5.74) is 1.40. The van der Waals surface area contributed by atoms with Gasteiger partial charge in [0.25, 0.3) is 0 Å². The number of para-hydroxylation sites is 1. The molecule has 1 unspecified atom stereocenters. The minimum absolute atomic E-state index is 0. The van der Waals surface area contributed by atoms with E-state index in [2.05, 4.69) is 27.0 Å². The number of fused-ring (bicyclic) bond motifs is 1. The fourth-order valence-electron chi connectivity index (χ4n) is 4.37. The van der Waals surface area contributed by atoms with E-state index in [1.165, 1.54) is 25.0 Å². The van der Waals surface area contributed by atoms with Crippen molar-refractivity contribution in [2.75, 3.05) is 18.9 Å². The lowest BCUT2D eigenvalue weighted by Gasteiger charge is -2.40. The molecule has 2 aliphatic rings. The molecule has 31 heavy (non-hydrogen) atoms. The van der Waals surface area contributed by atoms with Crippen LogP contribution in [0.1, 0.15) is 43.7 Å². The number of carbonyl (C=O) groups excluding carboxylic acids is 1. The highest BCUT2D eigenvalue weighted by atomic mass is 127. The quantitative estimate of drug-likeness (QED) is 0.307. The summed E-state index contributed by atoms with van der Waals surface area (Å²) in [7, 11) is 1.68. The van der Waals surface area contributed by atoms with Gasteiger partial charge in [-0.05, 0) is 49.9 Å². The highest BCUT2D eigenvalue weighted by Crippen LogP contribution is 2.46. The van der Waals surface area contributed by atoms with Gasteiger partial charge >= 0.3 is 0 Å². The van der Waals surface area contributed by atoms with Gasteiger partial charge in [-0.25, -0.2) is 4.39 Å². The van der Waals surface area contributed by atoms with Crippen LogP contribution in [-0.2, 0) is 4.79 Å². The van der Waals surface area contributed by atoms with E-state index >= 15 is 0 Å². The monoisotopic (exact) mass is 538 g/mol. The highest BCUT2D eigenvalue weighted by molar-refractivity contribution is 14.0. The summed E-state index contributed by atoms with van der Waals surface area (Å²) in [5.74, 6) is 0.794. The minimum Gasteiger partial charge on any atom is -0.487 e. The van der Waals surface area contributed by atoms with Crippen LogP contribution in [0, 0.1) is 5.82 Å². The smallest absolute Gasteiger partial charge is 0.243 e. The number of halogens is 2. The number of nitrogens with zero attached hydrogens (tertiary/aromatic N) is 1. The van der Waals surface area contributed by atoms with Gasteiger partial charge in [0.1, 0.15) is 17.2 Å². The lowest BCUT2D eigenvalue weighted by molar-refractivity contribution is -0.115. The molecule has 166 valence electrons. The molecule has 1 saturated carbocycles. The first kappa shape index (κ1) is 23.3. The molecule has 1 aliphatic carbocycles. The van der Waals surface area contributed by atoms with Crippen LogP contribution in [0.4, 0.5) is 10.1 Å². The zero-order valence-electron chi connectivity index (χ0n) is 17.5. The number of aliphatic imine (C=N–C) groups is 1. The Kier molecular flexibility index (Phi) is 7.74. The van der Waals surface area contributed by atoms with Crippen molar-refractivity contribution in [3.8, 4) is 5.75 Å². The summed E-state index contributed by atoms with van der Waals surface area (Å²) in [6.07, 6.45) is 5.34. The molecule has 2 aromatic rings. The normalized spacial score (nSPS) is 19.0. The third kappa shape index (κ3) is 5.66. The predicted molar refractivity (Wildman–Crippen MR) is 131 cm³/mol. The van der Waals surface area contributed by atoms with Crippen LogP contribution in [-0.4, -0.2) is 31.1 Å². The molecular formula is C23H28FIN4O2. The van der Waals surface area contributed by atoms with Crippen molar-refractivity contribution in [2.45, 2.75) is 43.7 Å². The second-order valence-electron chi connectivity index (χ2n) is 7.92. The van der Waals surface area contributed by atoms with Crippen molar-refractivity contribution in [3.05, 3.63) is 59.9 Å². The first-order chi connectivity index (χ1) is 14.6. The van der Waals surface area contributed by atoms with Gasteiger partial charge in [0.05, 0.1) is 12.6 Å². The predicted octanol–water partition coefficient (Wildman–Crippen LogP) is 4.38. The van der Waals surface area contributed by atoms with Crippen molar-refractivity contribution < 1.29 is 13.9 Å². The van der Waals surface area contributed by atoms with Crippen LogP contribution in [0.5, 0.6) is 5.75 Å². The number of rotatable bonds is 4. The summed E-state index contributed by atoms with van der Waals surface area (Å²) in [6, 6.07) is 14.0. The molecule has 0 aromatic heterocycles. The second kappa shape index (κ2) is 10.3. The number of guanidine groups is 1. The van der Waals surface area contributed by atoms with Crippen LogP contribution in [0.2, 0.25) is 0 Å². The van der Waals surface area contributed by atoms with Crippen LogP contribution in [0.25, 0.3) is 0 Å². The van der Waals surface area contributed by atoms with Gasteiger partial charge in [0.15, 0.2) is 5.96 Å². The highest BCUT2D eigenvalue weighted by Gasteiger charge is 2.43. The second-order valence-corrected chi connectivity index (χ2v) is 7.92. The fraction of sp³-hybridized carbons (Fsp3) is 0.391. The Bertz CT molecular complexity index is 947.